The first-order valence-electron chi connectivity index (χ1n) is 7.35. The molecule has 21 heavy (non-hydrogen) atoms. The van der Waals surface area contributed by atoms with Gasteiger partial charge in [-0.3, -0.25) is 4.79 Å². The SMILES string of the molecule is CC(CCN)CCC(=O)N(C)CCOc1cccc(F)c1. The minimum absolute atomic E-state index is 0.0988. The molecule has 2 N–H and O–H groups in total. The second kappa shape index (κ2) is 9.34. The highest BCUT2D eigenvalue weighted by Gasteiger charge is 2.11. The van der Waals surface area contributed by atoms with Gasteiger partial charge in [-0.25, -0.2) is 4.39 Å². The molecule has 0 radical (unpaired) electrons. The van der Waals surface area contributed by atoms with E-state index < -0.39 is 0 Å². The molecular weight excluding hydrogens is 271 g/mol. The van der Waals surface area contributed by atoms with Gasteiger partial charge in [-0.2, -0.15) is 0 Å². The van der Waals surface area contributed by atoms with E-state index in [1.807, 2.05) is 0 Å². The molecule has 0 aliphatic heterocycles. The summed E-state index contributed by atoms with van der Waals surface area (Å²) in [4.78, 5) is 13.6. The van der Waals surface area contributed by atoms with Crippen molar-refractivity contribution in [2.24, 2.45) is 11.7 Å². The van der Waals surface area contributed by atoms with Crippen LogP contribution < -0.4 is 10.5 Å². The molecule has 1 atom stereocenters. The highest BCUT2D eigenvalue weighted by Crippen LogP contribution is 2.12. The summed E-state index contributed by atoms with van der Waals surface area (Å²) < 4.78 is 18.4. The third kappa shape index (κ3) is 7.09. The van der Waals surface area contributed by atoms with Crippen molar-refractivity contribution >= 4 is 5.91 Å². The molecule has 0 fully saturated rings. The first-order valence-corrected chi connectivity index (χ1v) is 7.35. The van der Waals surface area contributed by atoms with Crippen LogP contribution in [0, 0.1) is 11.7 Å². The molecule has 1 amide bonds. The maximum atomic E-state index is 13.0. The van der Waals surface area contributed by atoms with E-state index in [1.54, 1.807) is 24.1 Å². The van der Waals surface area contributed by atoms with Gasteiger partial charge in [-0.05, 0) is 37.4 Å². The van der Waals surface area contributed by atoms with Gasteiger partial charge in [0.25, 0.3) is 0 Å². The Morgan fingerprint density at radius 1 is 1.43 bits per heavy atom. The first kappa shape index (κ1) is 17.4. The van der Waals surface area contributed by atoms with Gasteiger partial charge in [0.1, 0.15) is 18.2 Å². The van der Waals surface area contributed by atoms with Crippen LogP contribution in [0.4, 0.5) is 4.39 Å². The minimum atomic E-state index is -0.328. The lowest BCUT2D eigenvalue weighted by Crippen LogP contribution is -2.31. The average molecular weight is 296 g/mol. The van der Waals surface area contributed by atoms with E-state index in [0.29, 0.717) is 37.8 Å². The van der Waals surface area contributed by atoms with Gasteiger partial charge in [-0.15, -0.1) is 0 Å². The molecule has 5 heteroatoms. The average Bonchev–Trinajstić information content (AvgIpc) is 2.45. The number of ether oxygens (including phenoxy) is 1. The number of likely N-dealkylation sites (N-methyl/N-ethyl adjacent to an activating group) is 1. The van der Waals surface area contributed by atoms with Crippen LogP contribution in [-0.4, -0.2) is 37.6 Å². The zero-order valence-electron chi connectivity index (χ0n) is 12.8. The standard InChI is InChI=1S/C16H25FN2O2/c1-13(8-9-18)6-7-16(20)19(2)10-11-21-15-5-3-4-14(17)12-15/h3-5,12-13H,6-11,18H2,1-2H3. The minimum Gasteiger partial charge on any atom is -0.492 e. The number of halogens is 1. The van der Waals surface area contributed by atoms with Crippen LogP contribution in [0.5, 0.6) is 5.75 Å². The zero-order chi connectivity index (χ0) is 15.7. The fourth-order valence-electron chi connectivity index (χ4n) is 1.97. The van der Waals surface area contributed by atoms with E-state index in [-0.39, 0.29) is 11.7 Å². The van der Waals surface area contributed by atoms with Crippen molar-refractivity contribution in [1.29, 1.82) is 0 Å². The summed E-state index contributed by atoms with van der Waals surface area (Å²) in [5.41, 5.74) is 5.49. The third-order valence-electron chi connectivity index (χ3n) is 3.43. The van der Waals surface area contributed by atoms with Crippen molar-refractivity contribution in [3.63, 3.8) is 0 Å². The fourth-order valence-corrected chi connectivity index (χ4v) is 1.97. The Labute approximate surface area is 126 Å². The number of benzene rings is 1. The topological polar surface area (TPSA) is 55.6 Å². The number of carbonyl (C=O) groups excluding carboxylic acids is 1. The summed E-state index contributed by atoms with van der Waals surface area (Å²) in [5, 5.41) is 0. The van der Waals surface area contributed by atoms with Crippen LogP contribution in [-0.2, 0) is 4.79 Å². The van der Waals surface area contributed by atoms with Crippen molar-refractivity contribution in [1.82, 2.24) is 4.90 Å². The highest BCUT2D eigenvalue weighted by molar-refractivity contribution is 5.75. The predicted octanol–water partition coefficient (Wildman–Crippen LogP) is 2.43. The Kier molecular flexibility index (Phi) is 7.75. The molecule has 1 aromatic carbocycles. The maximum Gasteiger partial charge on any atom is 0.222 e. The van der Waals surface area contributed by atoms with E-state index in [0.717, 1.165) is 12.8 Å². The number of carbonyl (C=O) groups is 1. The number of hydrogen-bond acceptors (Lipinski definition) is 3. The molecule has 0 aromatic heterocycles. The molecule has 0 aliphatic rings. The largest absolute Gasteiger partial charge is 0.492 e. The van der Waals surface area contributed by atoms with Gasteiger partial charge >= 0.3 is 0 Å². The Hall–Kier alpha value is -1.62. The van der Waals surface area contributed by atoms with Gasteiger partial charge in [-0.1, -0.05) is 13.0 Å². The Morgan fingerprint density at radius 3 is 2.86 bits per heavy atom. The Morgan fingerprint density at radius 2 is 2.19 bits per heavy atom. The second-order valence-electron chi connectivity index (χ2n) is 5.34. The fraction of sp³-hybridized carbons (Fsp3) is 0.562. The smallest absolute Gasteiger partial charge is 0.222 e. The predicted molar refractivity (Wildman–Crippen MR) is 81.6 cm³/mol. The van der Waals surface area contributed by atoms with Crippen molar-refractivity contribution in [2.45, 2.75) is 26.2 Å². The van der Waals surface area contributed by atoms with E-state index in [4.69, 9.17) is 10.5 Å². The third-order valence-corrected chi connectivity index (χ3v) is 3.43. The lowest BCUT2D eigenvalue weighted by atomic mass is 10.0. The van der Waals surface area contributed by atoms with Gasteiger partial charge in [0.15, 0.2) is 0 Å². The molecular formula is C16H25FN2O2. The number of nitrogens with two attached hydrogens (primary N) is 1. The van der Waals surface area contributed by atoms with Crippen molar-refractivity contribution in [2.75, 3.05) is 26.7 Å². The molecule has 4 nitrogen and oxygen atoms in total. The Balaban J connectivity index is 2.23. The van der Waals surface area contributed by atoms with Crippen LogP contribution in [0.15, 0.2) is 24.3 Å². The van der Waals surface area contributed by atoms with Gasteiger partial charge in [0.05, 0.1) is 6.54 Å². The molecule has 0 bridgehead atoms. The van der Waals surface area contributed by atoms with E-state index >= 15 is 0 Å². The van der Waals surface area contributed by atoms with Gasteiger partial charge in [0.2, 0.25) is 5.91 Å². The van der Waals surface area contributed by atoms with Crippen molar-refractivity contribution in [3.05, 3.63) is 30.1 Å². The summed E-state index contributed by atoms with van der Waals surface area (Å²) in [6, 6.07) is 5.99. The number of nitrogens with zero attached hydrogens (tertiary/aromatic N) is 1. The normalized spacial score (nSPS) is 12.0. The van der Waals surface area contributed by atoms with Crippen molar-refractivity contribution < 1.29 is 13.9 Å². The number of amides is 1. The van der Waals surface area contributed by atoms with E-state index in [9.17, 15) is 9.18 Å². The number of hydrogen-bond donors (Lipinski definition) is 1. The lowest BCUT2D eigenvalue weighted by Gasteiger charge is -2.18. The Bertz CT molecular complexity index is 440. The molecule has 1 rings (SSSR count). The summed E-state index contributed by atoms with van der Waals surface area (Å²) in [6.07, 6.45) is 2.32. The molecule has 0 aliphatic carbocycles. The molecule has 1 unspecified atom stereocenters. The molecule has 0 saturated heterocycles. The number of rotatable bonds is 9. The summed E-state index contributed by atoms with van der Waals surface area (Å²) >= 11 is 0. The second-order valence-corrected chi connectivity index (χ2v) is 5.34. The van der Waals surface area contributed by atoms with Crippen LogP contribution in [0.25, 0.3) is 0 Å². The van der Waals surface area contributed by atoms with Crippen molar-refractivity contribution in [3.8, 4) is 5.75 Å². The molecule has 0 spiro atoms. The van der Waals surface area contributed by atoms with Gasteiger partial charge in [0, 0.05) is 19.5 Å². The van der Waals surface area contributed by atoms with Crippen LogP contribution in [0.3, 0.4) is 0 Å². The summed E-state index contributed by atoms with van der Waals surface area (Å²) in [5.74, 6) is 0.718. The first-order chi connectivity index (χ1) is 10.0. The summed E-state index contributed by atoms with van der Waals surface area (Å²) in [7, 11) is 1.75. The van der Waals surface area contributed by atoms with Crippen LogP contribution >= 0.6 is 0 Å². The van der Waals surface area contributed by atoms with Gasteiger partial charge < -0.3 is 15.4 Å². The monoisotopic (exact) mass is 296 g/mol. The van der Waals surface area contributed by atoms with Crippen LogP contribution in [0.1, 0.15) is 26.2 Å². The molecule has 0 saturated carbocycles. The lowest BCUT2D eigenvalue weighted by molar-refractivity contribution is -0.130. The molecule has 0 heterocycles. The van der Waals surface area contributed by atoms with E-state index in [1.165, 1.54) is 12.1 Å². The maximum absolute atomic E-state index is 13.0. The highest BCUT2D eigenvalue weighted by atomic mass is 19.1. The summed E-state index contributed by atoms with van der Waals surface area (Å²) in [6.45, 7) is 3.60. The molecule has 1 aromatic rings. The molecule has 118 valence electrons. The quantitative estimate of drug-likeness (QED) is 0.761. The van der Waals surface area contributed by atoms with E-state index in [2.05, 4.69) is 6.92 Å². The van der Waals surface area contributed by atoms with Crippen LogP contribution in [0.2, 0.25) is 0 Å². The zero-order valence-corrected chi connectivity index (χ0v) is 12.8.